The number of ether oxygens (including phenoxy) is 1. The summed E-state index contributed by atoms with van der Waals surface area (Å²) < 4.78 is 10.9. The number of aryl methyl sites for hydroxylation is 1. The average Bonchev–Trinajstić information content (AvgIpc) is 2.81. The highest BCUT2D eigenvalue weighted by atomic mass is 16.5. The van der Waals surface area contributed by atoms with Gasteiger partial charge in [-0.1, -0.05) is 17.3 Å². The van der Waals surface area contributed by atoms with Gasteiger partial charge in [-0.15, -0.1) is 0 Å². The van der Waals surface area contributed by atoms with Gasteiger partial charge in [0.15, 0.2) is 5.76 Å². The third-order valence-corrected chi connectivity index (χ3v) is 2.78. The molecule has 0 radical (unpaired) electrons. The third kappa shape index (κ3) is 4.70. The molecule has 1 aromatic carbocycles. The van der Waals surface area contributed by atoms with Crippen molar-refractivity contribution in [3.05, 3.63) is 47.3 Å². The van der Waals surface area contributed by atoms with E-state index < -0.39 is 0 Å². The Balaban J connectivity index is 1.87. The molecule has 0 atom stereocenters. The Hall–Kier alpha value is -1.81. The minimum absolute atomic E-state index is 0.0666. The molecule has 1 N–H and O–H groups in total. The van der Waals surface area contributed by atoms with Crippen molar-refractivity contribution in [2.75, 3.05) is 0 Å². The Labute approximate surface area is 120 Å². The van der Waals surface area contributed by atoms with Gasteiger partial charge in [-0.2, -0.15) is 0 Å². The highest BCUT2D eigenvalue weighted by Gasteiger charge is 2.11. The average molecular weight is 274 g/mol. The van der Waals surface area contributed by atoms with E-state index in [0.717, 1.165) is 17.2 Å². The molecule has 0 saturated carbocycles. The van der Waals surface area contributed by atoms with Crippen molar-refractivity contribution >= 4 is 0 Å². The van der Waals surface area contributed by atoms with Gasteiger partial charge in [0.25, 0.3) is 0 Å². The standard InChI is InChI=1S/C16H22N2O2/c1-12-6-5-7-14(8-12)19-11-15-9-13(18-20-15)10-17-16(2,3)4/h5-9,17H,10-11H2,1-4H3. The van der Waals surface area contributed by atoms with E-state index in [1.807, 2.05) is 37.3 Å². The molecular weight excluding hydrogens is 252 g/mol. The van der Waals surface area contributed by atoms with Crippen LogP contribution >= 0.6 is 0 Å². The number of hydrogen-bond acceptors (Lipinski definition) is 4. The molecule has 4 heteroatoms. The van der Waals surface area contributed by atoms with E-state index in [1.54, 1.807) is 0 Å². The van der Waals surface area contributed by atoms with E-state index in [-0.39, 0.29) is 5.54 Å². The van der Waals surface area contributed by atoms with Gasteiger partial charge in [-0.25, -0.2) is 0 Å². The van der Waals surface area contributed by atoms with E-state index in [1.165, 1.54) is 5.56 Å². The maximum Gasteiger partial charge on any atom is 0.174 e. The molecule has 20 heavy (non-hydrogen) atoms. The fraction of sp³-hybridized carbons (Fsp3) is 0.438. The second-order valence-electron chi connectivity index (χ2n) is 5.99. The minimum Gasteiger partial charge on any atom is -0.486 e. The molecule has 1 heterocycles. The largest absolute Gasteiger partial charge is 0.486 e. The van der Waals surface area contributed by atoms with Gasteiger partial charge in [-0.05, 0) is 45.4 Å². The van der Waals surface area contributed by atoms with Gasteiger partial charge in [0.1, 0.15) is 12.4 Å². The molecule has 0 saturated heterocycles. The first-order valence-corrected chi connectivity index (χ1v) is 6.81. The van der Waals surface area contributed by atoms with Crippen molar-refractivity contribution in [3.8, 4) is 5.75 Å². The smallest absolute Gasteiger partial charge is 0.174 e. The fourth-order valence-electron chi connectivity index (χ4n) is 1.72. The third-order valence-electron chi connectivity index (χ3n) is 2.78. The number of rotatable bonds is 5. The molecule has 0 fully saturated rings. The molecule has 108 valence electrons. The van der Waals surface area contributed by atoms with Crippen molar-refractivity contribution in [2.45, 2.75) is 46.4 Å². The van der Waals surface area contributed by atoms with Crippen LogP contribution in [0.1, 0.15) is 37.8 Å². The Morgan fingerprint density at radius 3 is 2.75 bits per heavy atom. The predicted molar refractivity (Wildman–Crippen MR) is 78.6 cm³/mol. The first-order chi connectivity index (χ1) is 9.42. The lowest BCUT2D eigenvalue weighted by Gasteiger charge is -2.19. The van der Waals surface area contributed by atoms with Crippen molar-refractivity contribution in [3.63, 3.8) is 0 Å². The van der Waals surface area contributed by atoms with Gasteiger partial charge in [0, 0.05) is 18.2 Å². The van der Waals surface area contributed by atoms with Crippen LogP contribution in [0.4, 0.5) is 0 Å². The maximum absolute atomic E-state index is 5.68. The van der Waals surface area contributed by atoms with Gasteiger partial charge < -0.3 is 14.6 Å². The summed E-state index contributed by atoms with van der Waals surface area (Å²) in [4.78, 5) is 0. The maximum atomic E-state index is 5.68. The molecule has 4 nitrogen and oxygen atoms in total. The van der Waals surface area contributed by atoms with Crippen molar-refractivity contribution in [2.24, 2.45) is 0 Å². The van der Waals surface area contributed by atoms with Crippen molar-refractivity contribution in [1.29, 1.82) is 0 Å². The predicted octanol–water partition coefficient (Wildman–Crippen LogP) is 3.45. The molecule has 0 aliphatic rings. The second kappa shape index (κ2) is 6.09. The van der Waals surface area contributed by atoms with Gasteiger partial charge in [0.05, 0.1) is 5.69 Å². The molecule has 0 unspecified atom stereocenters. The Morgan fingerprint density at radius 1 is 1.25 bits per heavy atom. The Kier molecular flexibility index (Phi) is 4.45. The normalized spacial score (nSPS) is 11.6. The summed E-state index contributed by atoms with van der Waals surface area (Å²) in [5, 5.41) is 7.40. The van der Waals surface area contributed by atoms with E-state index in [4.69, 9.17) is 9.26 Å². The Morgan fingerprint density at radius 2 is 2.05 bits per heavy atom. The summed E-state index contributed by atoms with van der Waals surface area (Å²) in [6.07, 6.45) is 0. The molecule has 2 aromatic rings. The number of nitrogens with zero attached hydrogens (tertiary/aromatic N) is 1. The second-order valence-corrected chi connectivity index (χ2v) is 5.99. The zero-order valence-electron chi connectivity index (χ0n) is 12.6. The minimum atomic E-state index is 0.0666. The van der Waals surface area contributed by atoms with Crippen molar-refractivity contribution < 1.29 is 9.26 Å². The van der Waals surface area contributed by atoms with E-state index in [0.29, 0.717) is 13.2 Å². The van der Waals surface area contributed by atoms with Crippen LogP contribution in [-0.4, -0.2) is 10.7 Å². The zero-order valence-corrected chi connectivity index (χ0v) is 12.6. The van der Waals surface area contributed by atoms with Crippen LogP contribution in [0.15, 0.2) is 34.9 Å². The molecule has 0 spiro atoms. The van der Waals surface area contributed by atoms with Crippen LogP contribution in [0.3, 0.4) is 0 Å². The highest BCUT2D eigenvalue weighted by Crippen LogP contribution is 2.15. The van der Waals surface area contributed by atoms with Crippen LogP contribution in [0.25, 0.3) is 0 Å². The Bertz CT molecular complexity index is 556. The number of aromatic nitrogens is 1. The molecule has 0 aliphatic heterocycles. The first-order valence-electron chi connectivity index (χ1n) is 6.81. The summed E-state index contributed by atoms with van der Waals surface area (Å²) in [5.74, 6) is 1.58. The monoisotopic (exact) mass is 274 g/mol. The lowest BCUT2D eigenvalue weighted by molar-refractivity contribution is 0.248. The first kappa shape index (κ1) is 14.6. The van der Waals surface area contributed by atoms with Crippen molar-refractivity contribution in [1.82, 2.24) is 10.5 Å². The van der Waals surface area contributed by atoms with Crippen LogP contribution in [-0.2, 0) is 13.2 Å². The number of nitrogens with one attached hydrogen (secondary N) is 1. The van der Waals surface area contributed by atoms with Crippen LogP contribution in [0.2, 0.25) is 0 Å². The molecule has 2 rings (SSSR count). The fourth-order valence-corrected chi connectivity index (χ4v) is 1.72. The van der Waals surface area contributed by atoms with Crippen LogP contribution in [0.5, 0.6) is 5.75 Å². The van der Waals surface area contributed by atoms with Crippen LogP contribution < -0.4 is 10.1 Å². The molecule has 0 aliphatic carbocycles. The summed E-state index contributed by atoms with van der Waals surface area (Å²) in [7, 11) is 0. The lowest BCUT2D eigenvalue weighted by atomic mass is 10.1. The van der Waals surface area contributed by atoms with E-state index >= 15 is 0 Å². The number of hydrogen-bond donors (Lipinski definition) is 1. The highest BCUT2D eigenvalue weighted by molar-refractivity contribution is 5.27. The number of benzene rings is 1. The quantitative estimate of drug-likeness (QED) is 0.907. The molecule has 1 aromatic heterocycles. The summed E-state index contributed by atoms with van der Waals surface area (Å²) >= 11 is 0. The van der Waals surface area contributed by atoms with Gasteiger partial charge >= 0.3 is 0 Å². The topological polar surface area (TPSA) is 47.3 Å². The van der Waals surface area contributed by atoms with E-state index in [9.17, 15) is 0 Å². The van der Waals surface area contributed by atoms with Gasteiger partial charge in [-0.3, -0.25) is 0 Å². The summed E-state index contributed by atoms with van der Waals surface area (Å²) in [6.45, 7) is 9.49. The van der Waals surface area contributed by atoms with E-state index in [2.05, 4.69) is 31.2 Å². The zero-order chi connectivity index (χ0) is 14.6. The van der Waals surface area contributed by atoms with Crippen LogP contribution in [0, 0.1) is 6.92 Å². The summed E-state index contributed by atoms with van der Waals surface area (Å²) in [6, 6.07) is 9.87. The summed E-state index contributed by atoms with van der Waals surface area (Å²) in [5.41, 5.74) is 2.13. The molecular formula is C16H22N2O2. The lowest BCUT2D eigenvalue weighted by Crippen LogP contribution is -2.35. The van der Waals surface area contributed by atoms with Gasteiger partial charge in [0.2, 0.25) is 0 Å². The SMILES string of the molecule is Cc1cccc(OCc2cc(CNC(C)(C)C)no2)c1. The molecule has 0 amide bonds. The molecule has 0 bridgehead atoms.